The molecule has 0 N–H and O–H groups in total. The fourth-order valence-corrected chi connectivity index (χ4v) is 4.36. The topological polar surface area (TPSA) is 111 Å². The van der Waals surface area contributed by atoms with Crippen molar-refractivity contribution >= 4 is 21.9 Å². The van der Waals surface area contributed by atoms with Crippen molar-refractivity contribution in [2.24, 2.45) is 0 Å². The molecule has 2 aromatic rings. The summed E-state index contributed by atoms with van der Waals surface area (Å²) in [6.45, 7) is 2.38. The Morgan fingerprint density at radius 2 is 1.88 bits per heavy atom. The van der Waals surface area contributed by atoms with Gasteiger partial charge in [0.15, 0.2) is 0 Å². The van der Waals surface area contributed by atoms with Gasteiger partial charge in [0.25, 0.3) is 15.9 Å². The zero-order valence-corrected chi connectivity index (χ0v) is 14.8. The van der Waals surface area contributed by atoms with E-state index in [9.17, 15) is 22.8 Å². The first-order valence-corrected chi connectivity index (χ1v) is 9.12. The molecule has 26 heavy (non-hydrogen) atoms. The first kappa shape index (κ1) is 17.9. The molecule has 3 rings (SSSR count). The Hall–Kier alpha value is -2.94. The van der Waals surface area contributed by atoms with E-state index < -0.39 is 27.5 Å². The highest BCUT2D eigenvalue weighted by Gasteiger charge is 2.40. The zero-order chi connectivity index (χ0) is 19.1. The number of ether oxygens (including phenoxy) is 1. The molecule has 8 nitrogen and oxygen atoms in total. The number of aryl methyl sites for hydroxylation is 2. The molecule has 0 spiro atoms. The van der Waals surface area contributed by atoms with Gasteiger partial charge in [-0.2, -0.15) is 0 Å². The normalized spacial score (nSPS) is 15.0. The number of amides is 1. The third-order valence-corrected chi connectivity index (χ3v) is 5.82. The summed E-state index contributed by atoms with van der Waals surface area (Å²) in [5.74, 6) is -1.31. The van der Waals surface area contributed by atoms with Crippen molar-refractivity contribution in [1.29, 1.82) is 0 Å². The second kappa shape index (κ2) is 6.41. The molecule has 1 aliphatic rings. The average Bonchev–Trinajstić information content (AvgIpc) is 2.75. The number of carbonyl (C=O) groups excluding carboxylic acids is 2. The Balaban J connectivity index is 1.73. The molecule has 1 amide bonds. The number of sulfonamides is 1. The molecule has 1 aromatic heterocycles. The lowest BCUT2D eigenvalue weighted by atomic mass is 10.1. The molecule has 0 saturated carbocycles. The summed E-state index contributed by atoms with van der Waals surface area (Å²) in [7, 11) is -3.95. The molecule has 9 heteroatoms. The smallest absolute Gasteiger partial charge is 0.341 e. The van der Waals surface area contributed by atoms with Crippen LogP contribution in [-0.4, -0.2) is 37.8 Å². The maximum Gasteiger partial charge on any atom is 0.341 e. The van der Waals surface area contributed by atoms with Gasteiger partial charge in [0.1, 0.15) is 22.8 Å². The first-order chi connectivity index (χ1) is 12.2. The maximum atomic E-state index is 12.4. The molecule has 0 atom stereocenters. The fourth-order valence-electron chi connectivity index (χ4n) is 2.81. The van der Waals surface area contributed by atoms with E-state index in [1.165, 1.54) is 25.1 Å². The second-order valence-electron chi connectivity index (χ2n) is 5.69. The van der Waals surface area contributed by atoms with E-state index in [-0.39, 0.29) is 34.9 Å². The van der Waals surface area contributed by atoms with Crippen molar-refractivity contribution < 1.29 is 27.2 Å². The van der Waals surface area contributed by atoms with Crippen molar-refractivity contribution in [1.82, 2.24) is 4.31 Å². The standard InChI is InChI=1S/C17H15NO7S/c1-10-9-14(19)25-11(2)15(10)17(21)24-8-7-18-16(20)12-5-3-4-6-13(12)26(18,22)23/h3-6,9H,7-8H2,1-2H3. The predicted octanol–water partition coefficient (Wildman–Crippen LogP) is 1.26. The number of hydrogen-bond donors (Lipinski definition) is 0. The molecule has 1 aromatic carbocycles. The number of esters is 1. The van der Waals surface area contributed by atoms with Crippen LogP contribution in [0.1, 0.15) is 32.0 Å². The van der Waals surface area contributed by atoms with Crippen LogP contribution >= 0.6 is 0 Å². The number of fused-ring (bicyclic) bond motifs is 1. The molecule has 0 fully saturated rings. The Labute approximate surface area is 149 Å². The highest BCUT2D eigenvalue weighted by atomic mass is 32.2. The van der Waals surface area contributed by atoms with E-state index >= 15 is 0 Å². The minimum Gasteiger partial charge on any atom is -0.460 e. The quantitative estimate of drug-likeness (QED) is 0.738. The summed E-state index contributed by atoms with van der Waals surface area (Å²) in [6.07, 6.45) is 0. The van der Waals surface area contributed by atoms with E-state index in [0.29, 0.717) is 9.87 Å². The lowest BCUT2D eigenvalue weighted by molar-refractivity contribution is 0.0472. The fraction of sp³-hybridized carbons (Fsp3) is 0.235. The largest absolute Gasteiger partial charge is 0.460 e. The van der Waals surface area contributed by atoms with Crippen LogP contribution < -0.4 is 5.63 Å². The van der Waals surface area contributed by atoms with Crippen LogP contribution in [-0.2, 0) is 14.8 Å². The van der Waals surface area contributed by atoms with Gasteiger partial charge in [-0.25, -0.2) is 22.3 Å². The molecular weight excluding hydrogens is 362 g/mol. The molecule has 0 saturated heterocycles. The van der Waals surface area contributed by atoms with E-state index in [2.05, 4.69) is 0 Å². The summed E-state index contributed by atoms with van der Waals surface area (Å²) in [4.78, 5) is 35.7. The highest BCUT2D eigenvalue weighted by Crippen LogP contribution is 2.29. The van der Waals surface area contributed by atoms with E-state index in [1.54, 1.807) is 13.0 Å². The maximum absolute atomic E-state index is 12.4. The lowest BCUT2D eigenvalue weighted by Gasteiger charge is -2.15. The summed E-state index contributed by atoms with van der Waals surface area (Å²) in [5.41, 5.74) is 0.00272. The third-order valence-electron chi connectivity index (χ3n) is 3.98. The third kappa shape index (κ3) is 2.90. The van der Waals surface area contributed by atoms with Gasteiger partial charge in [-0.05, 0) is 31.5 Å². The van der Waals surface area contributed by atoms with E-state index in [0.717, 1.165) is 6.07 Å². The van der Waals surface area contributed by atoms with Gasteiger partial charge < -0.3 is 9.15 Å². The van der Waals surface area contributed by atoms with E-state index in [4.69, 9.17) is 9.15 Å². The molecule has 0 aliphatic carbocycles. The summed E-state index contributed by atoms with van der Waals surface area (Å²) in [6, 6.07) is 7.05. The highest BCUT2D eigenvalue weighted by molar-refractivity contribution is 7.90. The summed E-state index contributed by atoms with van der Waals surface area (Å²) in [5, 5.41) is 0. The van der Waals surface area contributed by atoms with Crippen LogP contribution in [0.15, 0.2) is 44.4 Å². The molecule has 136 valence electrons. The van der Waals surface area contributed by atoms with Crippen LogP contribution in [0.2, 0.25) is 0 Å². The minimum atomic E-state index is -3.95. The van der Waals surface area contributed by atoms with Gasteiger partial charge in [-0.15, -0.1) is 0 Å². The van der Waals surface area contributed by atoms with Crippen molar-refractivity contribution in [3.63, 3.8) is 0 Å². The average molecular weight is 377 g/mol. The monoisotopic (exact) mass is 377 g/mol. The minimum absolute atomic E-state index is 0.0622. The second-order valence-corrected chi connectivity index (χ2v) is 7.52. The van der Waals surface area contributed by atoms with Crippen molar-refractivity contribution in [2.45, 2.75) is 18.7 Å². The Bertz CT molecular complexity index is 1040. The lowest BCUT2D eigenvalue weighted by Crippen LogP contribution is -2.33. The van der Waals surface area contributed by atoms with Gasteiger partial charge in [0, 0.05) is 6.07 Å². The van der Waals surface area contributed by atoms with Crippen LogP contribution in [0, 0.1) is 13.8 Å². The number of benzene rings is 1. The number of nitrogens with zero attached hydrogens (tertiary/aromatic N) is 1. The summed E-state index contributed by atoms with van der Waals surface area (Å²) >= 11 is 0. The Morgan fingerprint density at radius 1 is 1.19 bits per heavy atom. The predicted molar refractivity (Wildman–Crippen MR) is 89.4 cm³/mol. The van der Waals surface area contributed by atoms with Gasteiger partial charge in [0.2, 0.25) is 0 Å². The first-order valence-electron chi connectivity index (χ1n) is 7.68. The summed E-state index contributed by atoms with van der Waals surface area (Å²) < 4.78 is 35.4. The van der Waals surface area contributed by atoms with Crippen LogP contribution in [0.4, 0.5) is 0 Å². The van der Waals surface area contributed by atoms with Gasteiger partial charge in [0.05, 0.1) is 12.1 Å². The molecule has 0 radical (unpaired) electrons. The number of carbonyl (C=O) groups is 2. The zero-order valence-electron chi connectivity index (χ0n) is 14.0. The number of hydrogen-bond acceptors (Lipinski definition) is 7. The van der Waals surface area contributed by atoms with Crippen molar-refractivity contribution in [3.05, 3.63) is 63.2 Å². The SMILES string of the molecule is Cc1cc(=O)oc(C)c1C(=O)OCCN1C(=O)c2ccccc2S1(=O)=O. The van der Waals surface area contributed by atoms with Crippen molar-refractivity contribution in [2.75, 3.05) is 13.2 Å². The van der Waals surface area contributed by atoms with E-state index in [1.807, 2.05) is 0 Å². The van der Waals surface area contributed by atoms with Crippen LogP contribution in [0.3, 0.4) is 0 Å². The molecule has 2 heterocycles. The molecule has 1 aliphatic heterocycles. The molecule has 0 bridgehead atoms. The van der Waals surface area contributed by atoms with Gasteiger partial charge >= 0.3 is 11.6 Å². The molecular formula is C17H15NO7S. The van der Waals surface area contributed by atoms with Crippen LogP contribution in [0.5, 0.6) is 0 Å². The van der Waals surface area contributed by atoms with Crippen molar-refractivity contribution in [3.8, 4) is 0 Å². The Kier molecular flexibility index (Phi) is 4.41. The van der Waals surface area contributed by atoms with Gasteiger partial charge in [-0.3, -0.25) is 4.79 Å². The van der Waals surface area contributed by atoms with Gasteiger partial charge in [-0.1, -0.05) is 12.1 Å². The Morgan fingerprint density at radius 3 is 2.54 bits per heavy atom. The number of rotatable bonds is 4. The van der Waals surface area contributed by atoms with Crippen LogP contribution in [0.25, 0.3) is 0 Å². The molecule has 0 unspecified atom stereocenters.